The van der Waals surface area contributed by atoms with Gasteiger partial charge in [-0.2, -0.15) is 17.9 Å². The van der Waals surface area contributed by atoms with E-state index >= 15 is 0 Å². The van der Waals surface area contributed by atoms with Gasteiger partial charge in [-0.25, -0.2) is 17.6 Å². The highest BCUT2D eigenvalue weighted by molar-refractivity contribution is 7.92. The maximum absolute atomic E-state index is 14.6. The molecule has 0 aliphatic rings. The van der Waals surface area contributed by atoms with Gasteiger partial charge in [0.25, 0.3) is 5.91 Å². The smallest absolute Gasteiger partial charge is 0.299 e. The fourth-order valence-electron chi connectivity index (χ4n) is 2.34. The summed E-state index contributed by atoms with van der Waals surface area (Å²) in [6, 6.07) is 1.26. The van der Waals surface area contributed by atoms with Crippen LogP contribution in [-0.4, -0.2) is 34.4 Å². The first-order valence-electron chi connectivity index (χ1n) is 7.92. The number of thiol groups is 1. The van der Waals surface area contributed by atoms with E-state index in [0.29, 0.717) is 12.1 Å². The summed E-state index contributed by atoms with van der Waals surface area (Å²) in [5.74, 6) is -4.25. The van der Waals surface area contributed by atoms with Crippen molar-refractivity contribution in [3.05, 3.63) is 39.8 Å². The van der Waals surface area contributed by atoms with Gasteiger partial charge in [-0.05, 0) is 26.0 Å². The molecule has 0 radical (unpaired) electrons. The number of benzene rings is 1. The molecule has 0 aliphatic heterocycles. The quantitative estimate of drug-likeness (QED) is 0.450. The molecule has 29 heavy (non-hydrogen) atoms. The molecule has 0 saturated carbocycles. The number of sulfonamides is 1. The molecule has 1 aromatic carbocycles. The molecule has 9 nitrogen and oxygen atoms in total. The van der Waals surface area contributed by atoms with Gasteiger partial charge >= 0.3 is 11.9 Å². The maximum atomic E-state index is 14.6. The van der Waals surface area contributed by atoms with Crippen molar-refractivity contribution in [2.75, 3.05) is 10.5 Å². The Morgan fingerprint density at radius 1 is 1.28 bits per heavy atom. The molecule has 0 spiro atoms. The summed E-state index contributed by atoms with van der Waals surface area (Å²) in [6.07, 6.45) is -4.99. The third-order valence-corrected chi connectivity index (χ3v) is 5.23. The fraction of sp³-hybridized carbons (Fsp3) is 0.357. The minimum Gasteiger partial charge on any atom is -0.299 e. The summed E-state index contributed by atoms with van der Waals surface area (Å²) in [5, 5.41) is 3.14. The lowest BCUT2D eigenvalue weighted by Gasteiger charge is -2.13. The van der Waals surface area contributed by atoms with Gasteiger partial charge in [-0.1, -0.05) is 12.8 Å². The molecular formula is C14H15F4N5O4S2. The molecule has 0 bridgehead atoms. The number of nitrogens with one attached hydrogen (secondary N) is 2. The van der Waals surface area contributed by atoms with Crippen LogP contribution in [0.1, 0.15) is 30.0 Å². The largest absolute Gasteiger partial charge is 0.451 e. The molecule has 1 heterocycles. The lowest BCUT2D eigenvalue weighted by molar-refractivity contribution is -0.147. The van der Waals surface area contributed by atoms with Crippen LogP contribution in [0.2, 0.25) is 0 Å². The maximum Gasteiger partial charge on any atom is 0.451 e. The number of rotatable bonds is 6. The van der Waals surface area contributed by atoms with Crippen LogP contribution in [0.4, 0.5) is 23.2 Å². The Hall–Kier alpha value is -2.55. The molecule has 0 fully saturated rings. The Morgan fingerprint density at radius 3 is 2.34 bits per heavy atom. The van der Waals surface area contributed by atoms with Crippen molar-refractivity contribution in [1.82, 2.24) is 19.1 Å². The minimum absolute atomic E-state index is 0.147. The molecule has 0 atom stereocenters. The van der Waals surface area contributed by atoms with Crippen LogP contribution in [0, 0.1) is 5.82 Å². The van der Waals surface area contributed by atoms with Crippen LogP contribution < -0.4 is 15.1 Å². The van der Waals surface area contributed by atoms with Crippen LogP contribution in [0.25, 0.3) is 5.69 Å². The summed E-state index contributed by atoms with van der Waals surface area (Å²) in [7, 11) is -3.96. The Labute approximate surface area is 167 Å². The van der Waals surface area contributed by atoms with Crippen LogP contribution in [0.15, 0.2) is 16.9 Å². The molecular weight excluding hydrogens is 442 g/mol. The van der Waals surface area contributed by atoms with E-state index < -0.39 is 68.7 Å². The van der Waals surface area contributed by atoms with Gasteiger partial charge < -0.3 is 0 Å². The molecule has 0 saturated heterocycles. The van der Waals surface area contributed by atoms with Crippen LogP contribution >= 0.6 is 12.8 Å². The molecule has 2 aromatic rings. The van der Waals surface area contributed by atoms with Crippen LogP contribution in [0.5, 0.6) is 0 Å². The van der Waals surface area contributed by atoms with E-state index in [1.54, 1.807) is 0 Å². The summed E-state index contributed by atoms with van der Waals surface area (Å²) in [6.45, 7) is 2.15. The number of aromatic nitrogens is 3. The average molecular weight is 457 g/mol. The summed E-state index contributed by atoms with van der Waals surface area (Å²) in [5.41, 5.74) is -3.05. The second kappa shape index (κ2) is 8.06. The topological polar surface area (TPSA) is 115 Å². The number of carbonyl (C=O) groups excluding carboxylic acids is 1. The number of alkyl halides is 3. The first kappa shape index (κ1) is 22.7. The van der Waals surface area contributed by atoms with E-state index in [1.807, 2.05) is 9.44 Å². The number of hydrogen-bond acceptors (Lipinski definition) is 6. The van der Waals surface area contributed by atoms with E-state index in [0.717, 1.165) is 0 Å². The van der Waals surface area contributed by atoms with Crippen molar-refractivity contribution >= 4 is 34.4 Å². The Kier molecular flexibility index (Phi) is 6.32. The van der Waals surface area contributed by atoms with E-state index in [9.17, 15) is 35.6 Å². The molecule has 160 valence electrons. The van der Waals surface area contributed by atoms with Gasteiger partial charge in [0, 0.05) is 6.54 Å². The Balaban J connectivity index is 2.80. The van der Waals surface area contributed by atoms with Crippen molar-refractivity contribution in [1.29, 1.82) is 0 Å². The molecule has 15 heteroatoms. The first-order chi connectivity index (χ1) is 13.4. The number of halogens is 4. The monoisotopic (exact) mass is 457 g/mol. The van der Waals surface area contributed by atoms with Gasteiger partial charge in [-0.3, -0.25) is 18.8 Å². The van der Waals surface area contributed by atoms with Gasteiger partial charge in [0.15, 0.2) is 0 Å². The molecule has 1 aromatic heterocycles. The van der Waals surface area contributed by atoms with Crippen molar-refractivity contribution in [3.8, 4) is 5.69 Å². The Bertz CT molecular complexity index is 1110. The average Bonchev–Trinajstić information content (AvgIpc) is 2.98. The van der Waals surface area contributed by atoms with Crippen molar-refractivity contribution < 1.29 is 30.8 Å². The van der Waals surface area contributed by atoms with Gasteiger partial charge in [0.1, 0.15) is 11.5 Å². The molecule has 0 aliphatic carbocycles. The zero-order valence-corrected chi connectivity index (χ0v) is 16.6. The summed E-state index contributed by atoms with van der Waals surface area (Å²) < 4.78 is 82.0. The van der Waals surface area contributed by atoms with Gasteiger partial charge in [0.05, 0.1) is 17.0 Å². The molecule has 0 unspecified atom stereocenters. The van der Waals surface area contributed by atoms with Crippen LogP contribution in [-0.2, 0) is 22.7 Å². The normalized spacial score (nSPS) is 12.1. The minimum atomic E-state index is -4.99. The van der Waals surface area contributed by atoms with Crippen molar-refractivity contribution in [3.63, 3.8) is 0 Å². The number of hydrogen-bond donors (Lipinski definition) is 3. The van der Waals surface area contributed by atoms with E-state index in [2.05, 4.69) is 17.9 Å². The van der Waals surface area contributed by atoms with Crippen LogP contribution in [0.3, 0.4) is 0 Å². The zero-order chi connectivity index (χ0) is 22.1. The number of nitrogens with zero attached hydrogens (tertiary/aromatic N) is 3. The molecule has 1 amide bonds. The standard InChI is InChI=1S/C14H15F4N5O4S2/c1-3-22-12(14(16,17)18)19-23(13(22)25)10-6-9(21-29(26,27)4-2)7(5-8(10)15)11(24)20-28/h5-6,21,28H,3-4H2,1-2H3,(H,20,24). The second-order valence-electron chi connectivity index (χ2n) is 5.56. The number of carbonyl (C=O) groups is 1. The highest BCUT2D eigenvalue weighted by Crippen LogP contribution is 2.29. The fourth-order valence-corrected chi connectivity index (χ4v) is 3.11. The lowest BCUT2D eigenvalue weighted by Crippen LogP contribution is -2.26. The predicted molar refractivity (Wildman–Crippen MR) is 98.0 cm³/mol. The lowest BCUT2D eigenvalue weighted by atomic mass is 10.1. The van der Waals surface area contributed by atoms with E-state index in [4.69, 9.17) is 0 Å². The van der Waals surface area contributed by atoms with Gasteiger partial charge in [0.2, 0.25) is 15.8 Å². The van der Waals surface area contributed by atoms with Gasteiger partial charge in [-0.15, -0.1) is 5.10 Å². The van der Waals surface area contributed by atoms with Crippen molar-refractivity contribution in [2.24, 2.45) is 0 Å². The first-order valence-corrected chi connectivity index (χ1v) is 10.0. The van der Waals surface area contributed by atoms with E-state index in [-0.39, 0.29) is 9.25 Å². The third-order valence-electron chi connectivity index (χ3n) is 3.74. The third kappa shape index (κ3) is 4.55. The predicted octanol–water partition coefficient (Wildman–Crippen LogP) is 1.55. The number of amides is 1. The summed E-state index contributed by atoms with van der Waals surface area (Å²) >= 11 is 3.52. The highest BCUT2D eigenvalue weighted by Gasteiger charge is 2.39. The molecule has 2 rings (SSSR count). The summed E-state index contributed by atoms with van der Waals surface area (Å²) in [4.78, 5) is 24.2. The zero-order valence-electron chi connectivity index (χ0n) is 14.9. The molecule has 2 N–H and O–H groups in total. The highest BCUT2D eigenvalue weighted by atomic mass is 32.2. The SMILES string of the molecule is CCn1c(C(F)(F)F)nn(-c2cc(NS(=O)(=O)CC)c(C(=O)NS)cc2F)c1=O. The number of anilines is 1. The van der Waals surface area contributed by atoms with Crippen molar-refractivity contribution in [2.45, 2.75) is 26.6 Å². The second-order valence-corrected chi connectivity index (χ2v) is 7.79. The van der Waals surface area contributed by atoms with E-state index in [1.165, 1.54) is 13.8 Å². The Morgan fingerprint density at radius 2 is 1.90 bits per heavy atom.